The Bertz CT molecular complexity index is 516. The third kappa shape index (κ3) is 2.87. The number of amides is 1. The van der Waals surface area contributed by atoms with E-state index in [1.54, 1.807) is 26.0 Å². The van der Waals surface area contributed by atoms with Crippen molar-refractivity contribution in [1.29, 1.82) is 0 Å². The summed E-state index contributed by atoms with van der Waals surface area (Å²) in [5.41, 5.74) is 0.104. The van der Waals surface area contributed by atoms with Crippen LogP contribution in [0.1, 0.15) is 19.4 Å². The van der Waals surface area contributed by atoms with E-state index in [4.69, 9.17) is 21.2 Å². The predicted molar refractivity (Wildman–Crippen MR) is 76.8 cm³/mol. The summed E-state index contributed by atoms with van der Waals surface area (Å²) >= 11 is 6.10. The molecule has 1 aromatic rings. The van der Waals surface area contributed by atoms with Crippen LogP contribution < -0.4 is 0 Å². The van der Waals surface area contributed by atoms with E-state index in [0.717, 1.165) is 5.56 Å². The molecule has 0 aliphatic carbocycles. The largest absolute Gasteiger partial charge is 0.345 e. The zero-order valence-electron chi connectivity index (χ0n) is 11.6. The third-order valence-corrected chi connectivity index (χ3v) is 3.60. The van der Waals surface area contributed by atoms with Crippen LogP contribution in [0.4, 0.5) is 0 Å². The van der Waals surface area contributed by atoms with Crippen molar-refractivity contribution in [2.45, 2.75) is 26.7 Å². The first-order valence-electron chi connectivity index (χ1n) is 6.41. The molecule has 0 spiro atoms. The van der Waals surface area contributed by atoms with Gasteiger partial charge in [0.2, 0.25) is 0 Å². The molecule has 0 N–H and O–H groups in total. The molecule has 1 amide bonds. The van der Waals surface area contributed by atoms with E-state index in [0.29, 0.717) is 18.2 Å². The van der Waals surface area contributed by atoms with Crippen LogP contribution in [0.2, 0.25) is 5.02 Å². The molecular weight excluding hydrogens is 278 g/mol. The van der Waals surface area contributed by atoms with Gasteiger partial charge in [-0.3, -0.25) is 4.79 Å². The molecule has 1 aromatic carbocycles. The summed E-state index contributed by atoms with van der Waals surface area (Å²) in [6.45, 7) is 7.83. The molecule has 1 heterocycles. The first-order valence-corrected chi connectivity index (χ1v) is 6.79. The fourth-order valence-corrected chi connectivity index (χ4v) is 2.20. The molecule has 5 heteroatoms. The van der Waals surface area contributed by atoms with E-state index in [1.807, 2.05) is 18.2 Å². The number of hydroxylamine groups is 2. The lowest BCUT2D eigenvalue weighted by Gasteiger charge is -2.20. The average molecular weight is 296 g/mol. The van der Waals surface area contributed by atoms with Crippen LogP contribution in [-0.4, -0.2) is 23.9 Å². The molecule has 2 rings (SSSR count). The van der Waals surface area contributed by atoms with Gasteiger partial charge < -0.3 is 4.74 Å². The Morgan fingerprint density at radius 2 is 2.20 bits per heavy atom. The SMILES string of the molecule is C=CCOC1ON(Cc2ccccc2Cl)C(=O)C1(C)C. The summed E-state index contributed by atoms with van der Waals surface area (Å²) < 4.78 is 5.50. The molecule has 4 nitrogen and oxygen atoms in total. The van der Waals surface area contributed by atoms with E-state index in [1.165, 1.54) is 5.06 Å². The zero-order chi connectivity index (χ0) is 14.8. The first kappa shape index (κ1) is 15.0. The molecule has 1 aliphatic heterocycles. The van der Waals surface area contributed by atoms with Gasteiger partial charge in [0.1, 0.15) is 0 Å². The lowest BCUT2D eigenvalue weighted by atomic mass is 9.92. The van der Waals surface area contributed by atoms with Crippen molar-refractivity contribution >= 4 is 17.5 Å². The highest BCUT2D eigenvalue weighted by Crippen LogP contribution is 2.36. The molecule has 1 saturated heterocycles. The molecule has 0 bridgehead atoms. The fraction of sp³-hybridized carbons (Fsp3) is 0.400. The van der Waals surface area contributed by atoms with Crippen LogP contribution in [0.5, 0.6) is 0 Å². The number of benzene rings is 1. The van der Waals surface area contributed by atoms with Gasteiger partial charge >= 0.3 is 0 Å². The summed E-state index contributed by atoms with van der Waals surface area (Å²) in [5.74, 6) is -0.119. The van der Waals surface area contributed by atoms with E-state index in [-0.39, 0.29) is 5.91 Å². The Labute approximate surface area is 123 Å². The quantitative estimate of drug-likeness (QED) is 0.783. The van der Waals surface area contributed by atoms with Gasteiger partial charge in [-0.05, 0) is 25.5 Å². The van der Waals surface area contributed by atoms with Crippen molar-refractivity contribution in [1.82, 2.24) is 5.06 Å². The molecule has 1 unspecified atom stereocenters. The Morgan fingerprint density at radius 3 is 2.85 bits per heavy atom. The molecule has 1 fully saturated rings. The smallest absolute Gasteiger partial charge is 0.257 e. The lowest BCUT2D eigenvalue weighted by Crippen LogP contribution is -2.34. The van der Waals surface area contributed by atoms with Gasteiger partial charge in [-0.1, -0.05) is 35.9 Å². The van der Waals surface area contributed by atoms with Crippen molar-refractivity contribution in [3.05, 3.63) is 47.5 Å². The van der Waals surface area contributed by atoms with Crippen molar-refractivity contribution in [3.8, 4) is 0 Å². The van der Waals surface area contributed by atoms with Gasteiger partial charge in [0, 0.05) is 5.02 Å². The number of halogens is 1. The van der Waals surface area contributed by atoms with E-state index >= 15 is 0 Å². The summed E-state index contributed by atoms with van der Waals surface area (Å²) in [4.78, 5) is 18.0. The second-order valence-corrected chi connectivity index (χ2v) is 5.62. The molecule has 0 radical (unpaired) electrons. The van der Waals surface area contributed by atoms with Gasteiger partial charge in [-0.2, -0.15) is 0 Å². The molecule has 1 atom stereocenters. The second kappa shape index (κ2) is 5.95. The standard InChI is InChI=1S/C15H18ClNO3/c1-4-9-19-14-15(2,3)13(18)17(20-14)10-11-7-5-6-8-12(11)16/h4-8,14H,1,9-10H2,2-3H3. The second-order valence-electron chi connectivity index (χ2n) is 5.21. The van der Waals surface area contributed by atoms with Gasteiger partial charge in [0.25, 0.3) is 5.91 Å². The van der Waals surface area contributed by atoms with Crippen molar-refractivity contribution in [3.63, 3.8) is 0 Å². The number of hydrogen-bond acceptors (Lipinski definition) is 3. The van der Waals surface area contributed by atoms with Crippen LogP contribution in [0.25, 0.3) is 0 Å². The highest BCUT2D eigenvalue weighted by atomic mass is 35.5. The van der Waals surface area contributed by atoms with E-state index < -0.39 is 11.7 Å². The Balaban J connectivity index is 2.12. The van der Waals surface area contributed by atoms with E-state index in [9.17, 15) is 4.79 Å². The lowest BCUT2D eigenvalue weighted by molar-refractivity contribution is -0.244. The van der Waals surface area contributed by atoms with Crippen LogP contribution in [0, 0.1) is 5.41 Å². The van der Waals surface area contributed by atoms with Crippen LogP contribution in [0.15, 0.2) is 36.9 Å². The number of rotatable bonds is 5. The van der Waals surface area contributed by atoms with Crippen LogP contribution in [-0.2, 0) is 20.9 Å². The highest BCUT2D eigenvalue weighted by Gasteiger charge is 2.49. The van der Waals surface area contributed by atoms with Crippen LogP contribution >= 0.6 is 11.6 Å². The van der Waals surface area contributed by atoms with Crippen molar-refractivity contribution in [2.24, 2.45) is 5.41 Å². The van der Waals surface area contributed by atoms with Gasteiger partial charge in [-0.15, -0.1) is 6.58 Å². The molecule has 20 heavy (non-hydrogen) atoms. The minimum atomic E-state index is -0.732. The minimum absolute atomic E-state index is 0.119. The summed E-state index contributed by atoms with van der Waals surface area (Å²) in [7, 11) is 0. The molecular formula is C15H18ClNO3. The van der Waals surface area contributed by atoms with Gasteiger partial charge in [-0.25, -0.2) is 9.90 Å². The Hall–Kier alpha value is -1.36. The molecule has 0 saturated carbocycles. The third-order valence-electron chi connectivity index (χ3n) is 3.23. The number of carbonyl (C=O) groups excluding carboxylic acids is 1. The predicted octanol–water partition coefficient (Wildman–Crippen LogP) is 3.17. The normalized spacial score (nSPS) is 21.2. The first-order chi connectivity index (χ1) is 9.46. The number of nitrogens with zero attached hydrogens (tertiary/aromatic N) is 1. The number of hydrogen-bond donors (Lipinski definition) is 0. The summed E-state index contributed by atoms with van der Waals surface area (Å²) in [6, 6.07) is 7.37. The summed E-state index contributed by atoms with van der Waals surface area (Å²) in [5, 5.41) is 1.92. The van der Waals surface area contributed by atoms with Crippen molar-refractivity contribution in [2.75, 3.05) is 6.61 Å². The van der Waals surface area contributed by atoms with E-state index in [2.05, 4.69) is 6.58 Å². The molecule has 0 aromatic heterocycles. The fourth-order valence-electron chi connectivity index (χ4n) is 2.00. The maximum Gasteiger partial charge on any atom is 0.257 e. The minimum Gasteiger partial charge on any atom is -0.345 e. The maximum atomic E-state index is 12.4. The highest BCUT2D eigenvalue weighted by molar-refractivity contribution is 6.31. The monoisotopic (exact) mass is 295 g/mol. The number of carbonyl (C=O) groups is 1. The van der Waals surface area contributed by atoms with Gasteiger partial charge in [0.15, 0.2) is 6.29 Å². The van der Waals surface area contributed by atoms with Crippen LogP contribution in [0.3, 0.4) is 0 Å². The molecule has 108 valence electrons. The molecule has 1 aliphatic rings. The Kier molecular flexibility index (Phi) is 4.48. The number of ether oxygens (including phenoxy) is 1. The van der Waals surface area contributed by atoms with Gasteiger partial charge in [0.05, 0.1) is 18.6 Å². The van der Waals surface area contributed by atoms with Crippen molar-refractivity contribution < 1.29 is 14.4 Å². The Morgan fingerprint density at radius 1 is 1.50 bits per heavy atom. The topological polar surface area (TPSA) is 38.8 Å². The zero-order valence-corrected chi connectivity index (χ0v) is 12.4. The maximum absolute atomic E-state index is 12.4. The summed E-state index contributed by atoms with van der Waals surface area (Å²) in [6.07, 6.45) is 1.01. The average Bonchev–Trinajstić information content (AvgIpc) is 2.62.